The predicted molar refractivity (Wildman–Crippen MR) is 61.4 cm³/mol. The van der Waals surface area contributed by atoms with Crippen LogP contribution in [0.15, 0.2) is 0 Å². The molecule has 0 saturated carbocycles. The summed E-state index contributed by atoms with van der Waals surface area (Å²) in [5, 5.41) is 12.2. The van der Waals surface area contributed by atoms with E-state index in [1.807, 2.05) is 13.8 Å². The fourth-order valence-electron chi connectivity index (χ4n) is 1.38. The lowest BCUT2D eigenvalue weighted by Gasteiger charge is -2.13. The van der Waals surface area contributed by atoms with E-state index >= 15 is 0 Å². The van der Waals surface area contributed by atoms with Crippen LogP contribution >= 0.6 is 0 Å². The Bertz CT molecular complexity index is 172. The number of carbonyl (C=O) groups excluding carboxylic acids is 1. The molecule has 0 aliphatic rings. The Balaban J connectivity index is 3.44. The lowest BCUT2D eigenvalue weighted by atomic mass is 10.1. The molecule has 0 saturated heterocycles. The average Bonchev–Trinajstić information content (AvgIpc) is 2.14. The first-order chi connectivity index (χ1) is 7.06. The van der Waals surface area contributed by atoms with Gasteiger partial charge in [-0.25, -0.2) is 0 Å². The molecule has 15 heavy (non-hydrogen) atoms. The van der Waals surface area contributed by atoms with Gasteiger partial charge in [0, 0.05) is 13.0 Å². The van der Waals surface area contributed by atoms with E-state index in [-0.39, 0.29) is 5.91 Å². The quantitative estimate of drug-likeness (QED) is 0.521. The minimum Gasteiger partial charge on any atom is -0.391 e. The number of amides is 1. The van der Waals surface area contributed by atoms with E-state index in [4.69, 9.17) is 5.73 Å². The molecule has 1 atom stereocenters. The zero-order valence-electron chi connectivity index (χ0n) is 9.83. The minimum absolute atomic E-state index is 0.00579. The predicted octanol–water partition coefficient (Wildman–Crippen LogP) is 0.639. The van der Waals surface area contributed by atoms with Crippen LogP contribution in [0.2, 0.25) is 0 Å². The largest absolute Gasteiger partial charge is 0.391 e. The lowest BCUT2D eigenvalue weighted by Crippen LogP contribution is -2.32. The van der Waals surface area contributed by atoms with Gasteiger partial charge in [0.05, 0.1) is 6.10 Å². The van der Waals surface area contributed by atoms with Crippen LogP contribution in [0.4, 0.5) is 0 Å². The molecule has 1 unspecified atom stereocenters. The van der Waals surface area contributed by atoms with Crippen molar-refractivity contribution < 1.29 is 9.90 Å². The van der Waals surface area contributed by atoms with Crippen molar-refractivity contribution in [1.82, 2.24) is 5.32 Å². The lowest BCUT2D eigenvalue weighted by molar-refractivity contribution is -0.121. The Morgan fingerprint density at radius 3 is 2.60 bits per heavy atom. The number of hydrogen-bond acceptors (Lipinski definition) is 3. The van der Waals surface area contributed by atoms with Gasteiger partial charge in [0.15, 0.2) is 0 Å². The Morgan fingerprint density at radius 2 is 2.07 bits per heavy atom. The number of carbonyl (C=O) groups is 1. The summed E-state index contributed by atoms with van der Waals surface area (Å²) in [5.74, 6) is 0.459. The summed E-state index contributed by atoms with van der Waals surface area (Å²) in [5.41, 5.74) is 5.32. The van der Waals surface area contributed by atoms with E-state index in [1.165, 1.54) is 0 Å². The van der Waals surface area contributed by atoms with Crippen molar-refractivity contribution in [3.05, 3.63) is 0 Å². The molecule has 0 rings (SSSR count). The van der Waals surface area contributed by atoms with Crippen LogP contribution in [0.3, 0.4) is 0 Å². The third-order valence-corrected chi connectivity index (χ3v) is 2.14. The van der Waals surface area contributed by atoms with Gasteiger partial charge in [-0.3, -0.25) is 4.79 Å². The molecule has 4 nitrogen and oxygen atoms in total. The first kappa shape index (κ1) is 14.4. The van der Waals surface area contributed by atoms with Crippen molar-refractivity contribution in [2.24, 2.45) is 11.7 Å². The van der Waals surface area contributed by atoms with Gasteiger partial charge >= 0.3 is 0 Å². The SMILES string of the molecule is CC(C)CC(O)CNC(=O)CCCCN. The summed E-state index contributed by atoms with van der Waals surface area (Å²) in [6.07, 6.45) is 2.50. The fraction of sp³-hybridized carbons (Fsp3) is 0.909. The van der Waals surface area contributed by atoms with E-state index in [1.54, 1.807) is 0 Å². The third kappa shape index (κ3) is 9.69. The highest BCUT2D eigenvalue weighted by Gasteiger charge is 2.08. The fourth-order valence-corrected chi connectivity index (χ4v) is 1.38. The Morgan fingerprint density at radius 1 is 1.40 bits per heavy atom. The monoisotopic (exact) mass is 216 g/mol. The summed E-state index contributed by atoms with van der Waals surface area (Å²) in [7, 11) is 0. The number of hydrogen-bond donors (Lipinski definition) is 3. The molecular formula is C11H24N2O2. The molecule has 0 heterocycles. The van der Waals surface area contributed by atoms with Crippen molar-refractivity contribution in [2.75, 3.05) is 13.1 Å². The molecule has 0 fully saturated rings. The maximum atomic E-state index is 11.2. The van der Waals surface area contributed by atoms with E-state index in [2.05, 4.69) is 5.32 Å². The van der Waals surface area contributed by atoms with E-state index in [0.29, 0.717) is 25.4 Å². The molecule has 0 aliphatic carbocycles. The van der Waals surface area contributed by atoms with Gasteiger partial charge in [0.25, 0.3) is 0 Å². The number of aliphatic hydroxyl groups excluding tert-OH is 1. The molecule has 0 bridgehead atoms. The van der Waals surface area contributed by atoms with Gasteiger partial charge in [-0.15, -0.1) is 0 Å². The molecule has 4 N–H and O–H groups in total. The molecule has 0 spiro atoms. The molecule has 0 aliphatic heterocycles. The standard InChI is InChI=1S/C11H24N2O2/c1-9(2)7-10(14)8-13-11(15)5-3-4-6-12/h9-10,14H,3-8,12H2,1-2H3,(H,13,15). The summed E-state index contributed by atoms with van der Waals surface area (Å²) in [4.78, 5) is 11.2. The summed E-state index contributed by atoms with van der Waals surface area (Å²) in [6, 6.07) is 0. The van der Waals surface area contributed by atoms with Gasteiger partial charge in [-0.05, 0) is 31.7 Å². The van der Waals surface area contributed by atoms with Gasteiger partial charge < -0.3 is 16.2 Å². The van der Waals surface area contributed by atoms with Gasteiger partial charge in [0.2, 0.25) is 5.91 Å². The van der Waals surface area contributed by atoms with Crippen LogP contribution in [0.1, 0.15) is 39.5 Å². The van der Waals surface area contributed by atoms with Crippen LogP contribution in [0.5, 0.6) is 0 Å². The number of aliphatic hydroxyl groups is 1. The van der Waals surface area contributed by atoms with Crippen molar-refractivity contribution in [2.45, 2.75) is 45.6 Å². The first-order valence-electron chi connectivity index (χ1n) is 5.71. The minimum atomic E-state index is -0.427. The maximum absolute atomic E-state index is 11.2. The van der Waals surface area contributed by atoms with Gasteiger partial charge in [0.1, 0.15) is 0 Å². The number of nitrogens with two attached hydrogens (primary N) is 1. The van der Waals surface area contributed by atoms with Crippen LogP contribution in [-0.2, 0) is 4.79 Å². The Hall–Kier alpha value is -0.610. The molecule has 0 radical (unpaired) electrons. The van der Waals surface area contributed by atoms with Crippen molar-refractivity contribution >= 4 is 5.91 Å². The van der Waals surface area contributed by atoms with E-state index in [9.17, 15) is 9.90 Å². The van der Waals surface area contributed by atoms with Gasteiger partial charge in [-0.1, -0.05) is 13.8 Å². The highest BCUT2D eigenvalue weighted by atomic mass is 16.3. The number of unbranched alkanes of at least 4 members (excludes halogenated alkanes) is 1. The molecule has 0 aromatic rings. The van der Waals surface area contributed by atoms with Gasteiger partial charge in [-0.2, -0.15) is 0 Å². The summed E-state index contributed by atoms with van der Waals surface area (Å²) >= 11 is 0. The maximum Gasteiger partial charge on any atom is 0.220 e. The van der Waals surface area contributed by atoms with Crippen molar-refractivity contribution in [3.63, 3.8) is 0 Å². The Kier molecular flexibility index (Phi) is 8.33. The normalized spacial score (nSPS) is 12.9. The second kappa shape index (κ2) is 8.68. The summed E-state index contributed by atoms with van der Waals surface area (Å²) in [6.45, 7) is 5.08. The third-order valence-electron chi connectivity index (χ3n) is 2.14. The highest BCUT2D eigenvalue weighted by molar-refractivity contribution is 5.75. The second-order valence-electron chi connectivity index (χ2n) is 4.33. The zero-order valence-corrected chi connectivity index (χ0v) is 9.83. The number of nitrogens with one attached hydrogen (secondary N) is 1. The number of rotatable bonds is 8. The molecule has 90 valence electrons. The smallest absolute Gasteiger partial charge is 0.220 e. The molecular weight excluding hydrogens is 192 g/mol. The van der Waals surface area contributed by atoms with Crippen LogP contribution in [0, 0.1) is 5.92 Å². The zero-order chi connectivity index (χ0) is 11.7. The topological polar surface area (TPSA) is 75.3 Å². The molecule has 1 amide bonds. The second-order valence-corrected chi connectivity index (χ2v) is 4.33. The first-order valence-corrected chi connectivity index (χ1v) is 5.71. The van der Waals surface area contributed by atoms with E-state index in [0.717, 1.165) is 19.3 Å². The van der Waals surface area contributed by atoms with Crippen LogP contribution in [-0.4, -0.2) is 30.2 Å². The van der Waals surface area contributed by atoms with E-state index < -0.39 is 6.10 Å². The van der Waals surface area contributed by atoms with Crippen molar-refractivity contribution in [1.29, 1.82) is 0 Å². The van der Waals surface area contributed by atoms with Crippen LogP contribution < -0.4 is 11.1 Å². The summed E-state index contributed by atoms with van der Waals surface area (Å²) < 4.78 is 0. The molecule has 4 heteroatoms. The average molecular weight is 216 g/mol. The Labute approximate surface area is 92.2 Å². The molecule has 0 aromatic carbocycles. The highest BCUT2D eigenvalue weighted by Crippen LogP contribution is 2.03. The van der Waals surface area contributed by atoms with Crippen LogP contribution in [0.25, 0.3) is 0 Å². The van der Waals surface area contributed by atoms with Crippen molar-refractivity contribution in [3.8, 4) is 0 Å². The molecule has 0 aromatic heterocycles.